The van der Waals surface area contributed by atoms with Crippen molar-refractivity contribution in [1.29, 1.82) is 0 Å². The highest BCUT2D eigenvalue weighted by molar-refractivity contribution is 6.06. The molecule has 31 heavy (non-hydrogen) atoms. The summed E-state index contributed by atoms with van der Waals surface area (Å²) in [5.74, 6) is 0.956. The van der Waals surface area contributed by atoms with E-state index in [0.717, 1.165) is 11.1 Å². The van der Waals surface area contributed by atoms with Crippen LogP contribution in [0.15, 0.2) is 41.6 Å². The van der Waals surface area contributed by atoms with Crippen LogP contribution in [0.3, 0.4) is 0 Å². The number of urea groups is 1. The van der Waals surface area contributed by atoms with Crippen LogP contribution in [-0.2, 0) is 4.79 Å². The lowest BCUT2D eigenvalue weighted by molar-refractivity contribution is -0.113. The third-order valence-electron chi connectivity index (χ3n) is 5.01. The van der Waals surface area contributed by atoms with E-state index in [-0.39, 0.29) is 5.91 Å². The summed E-state index contributed by atoms with van der Waals surface area (Å²) < 4.78 is 16.2. The molecule has 0 aromatic heterocycles. The molecule has 2 aromatic carbocycles. The molecule has 2 aromatic rings. The van der Waals surface area contributed by atoms with Crippen LogP contribution in [0.25, 0.3) is 0 Å². The molecular weight excluding hydrogens is 398 g/mol. The zero-order chi connectivity index (χ0) is 22.7. The maximum atomic E-state index is 13.3. The fourth-order valence-electron chi connectivity index (χ4n) is 3.76. The van der Waals surface area contributed by atoms with Crippen molar-refractivity contribution in [3.63, 3.8) is 0 Å². The van der Waals surface area contributed by atoms with Gasteiger partial charge >= 0.3 is 6.03 Å². The predicted molar refractivity (Wildman–Crippen MR) is 118 cm³/mol. The van der Waals surface area contributed by atoms with Gasteiger partial charge in [0.2, 0.25) is 5.75 Å². The molecule has 0 aliphatic carbocycles. The molecule has 1 atom stereocenters. The molecule has 0 unspecified atom stereocenters. The Morgan fingerprint density at radius 2 is 1.48 bits per heavy atom. The Morgan fingerprint density at radius 3 is 2.00 bits per heavy atom. The van der Waals surface area contributed by atoms with Gasteiger partial charge in [0.25, 0.3) is 5.91 Å². The molecule has 8 heteroatoms. The predicted octanol–water partition coefficient (Wildman–Crippen LogP) is 3.60. The number of methoxy groups -OCH3 is 3. The molecule has 1 aliphatic heterocycles. The van der Waals surface area contributed by atoms with E-state index in [1.807, 2.05) is 32.0 Å². The summed E-state index contributed by atoms with van der Waals surface area (Å²) in [6.07, 6.45) is 0. The van der Waals surface area contributed by atoms with Crippen LogP contribution in [-0.4, -0.2) is 33.3 Å². The minimum absolute atomic E-state index is 0.325. The first-order valence-electron chi connectivity index (χ1n) is 9.75. The standard InChI is InChI=1S/C23H27N3O5/c1-12-7-13(2)9-16(8-12)25-22(27)19-14(3)24-23(28)26-20(19)15-10-17(29-4)21(31-6)18(11-15)30-5/h7-11,20H,1-6H3,(H,25,27)(H2,24,26,28)/t20-/m1/s1. The number of benzene rings is 2. The van der Waals surface area contributed by atoms with Gasteiger partial charge in [-0.1, -0.05) is 6.07 Å². The van der Waals surface area contributed by atoms with E-state index in [9.17, 15) is 9.59 Å². The summed E-state index contributed by atoms with van der Waals surface area (Å²) in [4.78, 5) is 25.5. The summed E-state index contributed by atoms with van der Waals surface area (Å²) in [5, 5.41) is 8.44. The summed E-state index contributed by atoms with van der Waals surface area (Å²) in [6, 6.07) is 8.13. The first-order chi connectivity index (χ1) is 14.8. The molecule has 0 radical (unpaired) electrons. The fourth-order valence-corrected chi connectivity index (χ4v) is 3.76. The Bertz CT molecular complexity index is 1020. The summed E-state index contributed by atoms with van der Waals surface area (Å²) in [6.45, 7) is 5.63. The zero-order valence-corrected chi connectivity index (χ0v) is 18.5. The summed E-state index contributed by atoms with van der Waals surface area (Å²) in [7, 11) is 4.53. The number of rotatable bonds is 6. The molecule has 0 spiro atoms. The number of carbonyl (C=O) groups excluding carboxylic acids is 2. The smallest absolute Gasteiger partial charge is 0.319 e. The molecule has 8 nitrogen and oxygen atoms in total. The van der Waals surface area contributed by atoms with E-state index in [1.54, 1.807) is 19.1 Å². The lowest BCUT2D eigenvalue weighted by Gasteiger charge is -2.29. The minimum atomic E-state index is -0.714. The molecule has 1 heterocycles. The van der Waals surface area contributed by atoms with Gasteiger partial charge in [0.15, 0.2) is 11.5 Å². The van der Waals surface area contributed by atoms with Crippen molar-refractivity contribution in [3.05, 3.63) is 58.3 Å². The average molecular weight is 425 g/mol. The molecular formula is C23H27N3O5. The van der Waals surface area contributed by atoms with E-state index in [4.69, 9.17) is 14.2 Å². The lowest BCUT2D eigenvalue weighted by Crippen LogP contribution is -2.46. The van der Waals surface area contributed by atoms with Crippen LogP contribution in [0.2, 0.25) is 0 Å². The van der Waals surface area contributed by atoms with E-state index in [1.165, 1.54) is 21.3 Å². The largest absolute Gasteiger partial charge is 0.493 e. The maximum absolute atomic E-state index is 13.3. The monoisotopic (exact) mass is 425 g/mol. The van der Waals surface area contributed by atoms with Crippen molar-refractivity contribution in [2.45, 2.75) is 26.8 Å². The first-order valence-corrected chi connectivity index (χ1v) is 9.75. The number of nitrogens with one attached hydrogen (secondary N) is 3. The molecule has 0 saturated carbocycles. The van der Waals surface area contributed by atoms with Crippen molar-refractivity contribution in [2.75, 3.05) is 26.6 Å². The van der Waals surface area contributed by atoms with Crippen LogP contribution >= 0.6 is 0 Å². The highest BCUT2D eigenvalue weighted by atomic mass is 16.5. The molecule has 0 fully saturated rings. The zero-order valence-electron chi connectivity index (χ0n) is 18.5. The summed E-state index contributed by atoms with van der Waals surface area (Å²) in [5.41, 5.74) is 4.23. The maximum Gasteiger partial charge on any atom is 0.319 e. The Hall–Kier alpha value is -3.68. The number of anilines is 1. The average Bonchev–Trinajstić information content (AvgIpc) is 2.70. The number of ether oxygens (including phenoxy) is 3. The number of aryl methyl sites for hydroxylation is 2. The van der Waals surface area contributed by atoms with E-state index < -0.39 is 12.1 Å². The van der Waals surface area contributed by atoms with Gasteiger partial charge in [0.1, 0.15) is 0 Å². The highest BCUT2D eigenvalue weighted by Crippen LogP contribution is 2.41. The second-order valence-electron chi connectivity index (χ2n) is 7.36. The van der Waals surface area contributed by atoms with Crippen LogP contribution in [0.1, 0.15) is 29.7 Å². The van der Waals surface area contributed by atoms with E-state index in [2.05, 4.69) is 16.0 Å². The van der Waals surface area contributed by atoms with Crippen LogP contribution in [0, 0.1) is 13.8 Å². The van der Waals surface area contributed by atoms with Gasteiger partial charge < -0.3 is 30.2 Å². The molecule has 3 rings (SSSR count). The number of hydrogen-bond donors (Lipinski definition) is 3. The molecule has 1 aliphatic rings. The van der Waals surface area contributed by atoms with Crippen molar-refractivity contribution in [1.82, 2.24) is 10.6 Å². The van der Waals surface area contributed by atoms with Crippen LogP contribution in [0.4, 0.5) is 10.5 Å². The van der Waals surface area contributed by atoms with E-state index >= 15 is 0 Å². The van der Waals surface area contributed by atoms with Crippen molar-refractivity contribution in [2.24, 2.45) is 0 Å². The topological polar surface area (TPSA) is 97.9 Å². The molecule has 3 amide bonds. The Labute approximate surface area is 181 Å². The van der Waals surface area contributed by atoms with Crippen LogP contribution in [0.5, 0.6) is 17.2 Å². The van der Waals surface area contributed by atoms with Crippen molar-refractivity contribution in [3.8, 4) is 17.2 Å². The van der Waals surface area contributed by atoms with Gasteiger partial charge in [0, 0.05) is 11.4 Å². The fraction of sp³-hybridized carbons (Fsp3) is 0.304. The number of amides is 3. The molecule has 0 saturated heterocycles. The number of hydrogen-bond acceptors (Lipinski definition) is 5. The Kier molecular flexibility index (Phi) is 6.39. The van der Waals surface area contributed by atoms with E-state index in [0.29, 0.717) is 39.8 Å². The van der Waals surface area contributed by atoms with Gasteiger partial charge in [-0.05, 0) is 61.7 Å². The van der Waals surface area contributed by atoms with Gasteiger partial charge in [-0.25, -0.2) is 4.79 Å². The third kappa shape index (κ3) is 4.58. The second-order valence-corrected chi connectivity index (χ2v) is 7.36. The SMILES string of the molecule is COc1cc([C@H]2NC(=O)NC(C)=C2C(=O)Nc2cc(C)cc(C)c2)cc(OC)c1OC. The van der Waals surface area contributed by atoms with Gasteiger partial charge in [-0.15, -0.1) is 0 Å². The third-order valence-corrected chi connectivity index (χ3v) is 5.01. The summed E-state index contributed by atoms with van der Waals surface area (Å²) >= 11 is 0. The number of carbonyl (C=O) groups is 2. The minimum Gasteiger partial charge on any atom is -0.493 e. The Balaban J connectivity index is 2.05. The molecule has 0 bridgehead atoms. The Morgan fingerprint density at radius 1 is 0.903 bits per heavy atom. The normalized spacial score (nSPS) is 15.7. The molecule has 164 valence electrons. The number of allylic oxidation sites excluding steroid dienone is 1. The second kappa shape index (κ2) is 8.99. The lowest BCUT2D eigenvalue weighted by atomic mass is 9.94. The quantitative estimate of drug-likeness (QED) is 0.657. The molecule has 3 N–H and O–H groups in total. The first kappa shape index (κ1) is 22.0. The van der Waals surface area contributed by atoms with Gasteiger partial charge in [0.05, 0.1) is 32.9 Å². The highest BCUT2D eigenvalue weighted by Gasteiger charge is 2.32. The van der Waals surface area contributed by atoms with Crippen molar-refractivity contribution < 1.29 is 23.8 Å². The van der Waals surface area contributed by atoms with Crippen molar-refractivity contribution >= 4 is 17.6 Å². The van der Waals surface area contributed by atoms with Gasteiger partial charge in [-0.2, -0.15) is 0 Å². The van der Waals surface area contributed by atoms with Gasteiger partial charge in [-0.3, -0.25) is 4.79 Å². The van der Waals surface area contributed by atoms with Crippen LogP contribution < -0.4 is 30.2 Å².